The van der Waals surface area contributed by atoms with Crippen LogP contribution in [0, 0.1) is 40.4 Å². The zero-order chi connectivity index (χ0) is 22.6. The SMILES string of the molecule is CC(=O)CC[C@@H](C)[C@H]1CCC2C3CC[C@@H]4C[C@H](OC(C)=O)CC[C@]4(C)C3=CC(=O)[C@@]21C. The third-order valence-electron chi connectivity index (χ3n) is 9.92. The fourth-order valence-electron chi connectivity index (χ4n) is 8.19. The highest BCUT2D eigenvalue weighted by molar-refractivity contribution is 5.97. The first-order chi connectivity index (χ1) is 14.6. The maximum Gasteiger partial charge on any atom is 0.302 e. The molecule has 8 atom stereocenters. The number of Topliss-reactive ketones (excluding diaryl/α,β-unsaturated/α-hetero) is 1. The molecule has 4 heteroatoms. The number of allylic oxidation sites excluding steroid dienone is 2. The van der Waals surface area contributed by atoms with E-state index in [0.717, 1.165) is 44.9 Å². The normalized spacial score (nSPS) is 42.7. The van der Waals surface area contributed by atoms with Crippen molar-refractivity contribution in [1.29, 1.82) is 0 Å². The average Bonchev–Trinajstić information content (AvgIpc) is 3.06. The highest BCUT2D eigenvalue weighted by Gasteiger charge is 2.61. The number of hydrogen-bond donors (Lipinski definition) is 0. The lowest BCUT2D eigenvalue weighted by Crippen LogP contribution is -2.52. The smallest absolute Gasteiger partial charge is 0.302 e. The van der Waals surface area contributed by atoms with Gasteiger partial charge in [0.05, 0.1) is 0 Å². The molecule has 0 heterocycles. The Balaban J connectivity index is 1.58. The van der Waals surface area contributed by atoms with E-state index in [1.807, 2.05) is 0 Å². The first-order valence-corrected chi connectivity index (χ1v) is 12.5. The molecule has 4 aliphatic carbocycles. The minimum absolute atomic E-state index is 0.0373. The molecule has 0 spiro atoms. The van der Waals surface area contributed by atoms with Crippen LogP contribution in [0.5, 0.6) is 0 Å². The predicted octanol–water partition coefficient (Wildman–Crippen LogP) is 5.68. The number of ketones is 2. The summed E-state index contributed by atoms with van der Waals surface area (Å²) in [5, 5.41) is 0. The van der Waals surface area contributed by atoms with Crippen LogP contribution in [0.3, 0.4) is 0 Å². The quantitative estimate of drug-likeness (QED) is 0.529. The van der Waals surface area contributed by atoms with Crippen LogP contribution in [0.4, 0.5) is 0 Å². The van der Waals surface area contributed by atoms with Gasteiger partial charge < -0.3 is 9.53 Å². The second-order valence-electron chi connectivity index (χ2n) is 11.6. The van der Waals surface area contributed by atoms with E-state index in [1.165, 1.54) is 18.9 Å². The molecule has 4 rings (SSSR count). The number of carbonyl (C=O) groups excluding carboxylic acids is 3. The molecule has 0 aromatic heterocycles. The number of rotatable bonds is 5. The van der Waals surface area contributed by atoms with Crippen LogP contribution < -0.4 is 0 Å². The van der Waals surface area contributed by atoms with Gasteiger partial charge >= 0.3 is 5.97 Å². The number of esters is 1. The van der Waals surface area contributed by atoms with E-state index in [2.05, 4.69) is 26.8 Å². The van der Waals surface area contributed by atoms with Gasteiger partial charge in [-0.2, -0.15) is 0 Å². The largest absolute Gasteiger partial charge is 0.463 e. The molecule has 0 aromatic carbocycles. The van der Waals surface area contributed by atoms with E-state index >= 15 is 0 Å². The highest BCUT2D eigenvalue weighted by atomic mass is 16.5. The summed E-state index contributed by atoms with van der Waals surface area (Å²) >= 11 is 0. The zero-order valence-electron chi connectivity index (χ0n) is 20.0. The summed E-state index contributed by atoms with van der Waals surface area (Å²) in [5.74, 6) is 2.64. The number of fused-ring (bicyclic) bond motifs is 5. The van der Waals surface area contributed by atoms with Crippen LogP contribution >= 0.6 is 0 Å². The van der Waals surface area contributed by atoms with Gasteiger partial charge in [-0.25, -0.2) is 0 Å². The van der Waals surface area contributed by atoms with E-state index in [1.54, 1.807) is 6.92 Å². The van der Waals surface area contributed by atoms with Crippen LogP contribution in [-0.2, 0) is 19.1 Å². The van der Waals surface area contributed by atoms with E-state index in [-0.39, 0.29) is 28.7 Å². The van der Waals surface area contributed by atoms with Crippen molar-refractivity contribution in [3.05, 3.63) is 11.6 Å². The lowest BCUT2D eigenvalue weighted by atomic mass is 9.48. The molecule has 3 saturated carbocycles. The Labute approximate surface area is 187 Å². The van der Waals surface area contributed by atoms with Gasteiger partial charge in [0.25, 0.3) is 0 Å². The summed E-state index contributed by atoms with van der Waals surface area (Å²) < 4.78 is 5.56. The van der Waals surface area contributed by atoms with Crippen molar-refractivity contribution in [2.75, 3.05) is 0 Å². The summed E-state index contributed by atoms with van der Waals surface area (Å²) in [4.78, 5) is 36.7. The van der Waals surface area contributed by atoms with Crippen LogP contribution in [-0.4, -0.2) is 23.6 Å². The fraction of sp³-hybridized carbons (Fsp3) is 0.815. The summed E-state index contributed by atoms with van der Waals surface area (Å²) in [6, 6.07) is 0. The van der Waals surface area contributed by atoms with Gasteiger partial charge in [0.1, 0.15) is 11.9 Å². The Kier molecular flexibility index (Phi) is 5.98. The van der Waals surface area contributed by atoms with Crippen molar-refractivity contribution in [3.8, 4) is 0 Å². The van der Waals surface area contributed by atoms with Gasteiger partial charge in [0.15, 0.2) is 5.78 Å². The Morgan fingerprint density at radius 1 is 1.13 bits per heavy atom. The lowest BCUT2D eigenvalue weighted by Gasteiger charge is -2.56. The highest BCUT2D eigenvalue weighted by Crippen LogP contribution is 2.65. The van der Waals surface area contributed by atoms with E-state index < -0.39 is 0 Å². The lowest BCUT2D eigenvalue weighted by molar-refractivity contribution is -0.151. The van der Waals surface area contributed by atoms with Crippen LogP contribution in [0.2, 0.25) is 0 Å². The second kappa shape index (κ2) is 8.15. The topological polar surface area (TPSA) is 60.4 Å². The summed E-state index contributed by atoms with van der Waals surface area (Å²) in [7, 11) is 0. The molecule has 4 aliphatic rings. The molecule has 2 unspecified atom stereocenters. The molecule has 4 nitrogen and oxygen atoms in total. The van der Waals surface area contributed by atoms with Gasteiger partial charge in [0, 0.05) is 18.8 Å². The molecule has 0 aromatic rings. The first-order valence-electron chi connectivity index (χ1n) is 12.5. The molecular formula is C27H40O4. The Morgan fingerprint density at radius 3 is 2.55 bits per heavy atom. The molecule has 3 fully saturated rings. The van der Waals surface area contributed by atoms with Gasteiger partial charge in [-0.05, 0) is 99.4 Å². The van der Waals surface area contributed by atoms with E-state index in [9.17, 15) is 14.4 Å². The van der Waals surface area contributed by atoms with Crippen molar-refractivity contribution >= 4 is 17.5 Å². The predicted molar refractivity (Wildman–Crippen MR) is 120 cm³/mol. The first kappa shape index (κ1) is 22.7. The molecule has 0 saturated heterocycles. The van der Waals surface area contributed by atoms with Gasteiger partial charge in [-0.3, -0.25) is 9.59 Å². The summed E-state index contributed by atoms with van der Waals surface area (Å²) in [6.07, 6.45) is 11.0. The van der Waals surface area contributed by atoms with E-state index in [0.29, 0.717) is 41.8 Å². The summed E-state index contributed by atoms with van der Waals surface area (Å²) in [6.45, 7) is 10.0. The van der Waals surface area contributed by atoms with Crippen LogP contribution in [0.1, 0.15) is 92.4 Å². The van der Waals surface area contributed by atoms with Crippen molar-refractivity contribution < 1.29 is 19.1 Å². The Morgan fingerprint density at radius 2 is 1.87 bits per heavy atom. The molecule has 0 bridgehead atoms. The molecule has 172 valence electrons. The van der Waals surface area contributed by atoms with Crippen LogP contribution in [0.25, 0.3) is 0 Å². The maximum atomic E-state index is 13.7. The molecular weight excluding hydrogens is 388 g/mol. The zero-order valence-corrected chi connectivity index (χ0v) is 20.0. The Hall–Kier alpha value is -1.45. The van der Waals surface area contributed by atoms with Crippen molar-refractivity contribution in [2.45, 2.75) is 98.5 Å². The third-order valence-corrected chi connectivity index (χ3v) is 9.92. The fourth-order valence-corrected chi connectivity index (χ4v) is 8.19. The molecule has 0 amide bonds. The number of ether oxygens (including phenoxy) is 1. The molecule has 0 radical (unpaired) electrons. The standard InChI is InChI=1S/C27H40O4/c1-16(6-7-17(2)28)22-10-11-23-21-9-8-19-14-20(31-18(3)29)12-13-26(19,4)24(21)15-25(30)27(22,23)5/h15-16,19-23H,6-14H2,1-5H3/t16-,19-,20-,21?,22-,23?,26+,27-/m1/s1. The number of carbonyl (C=O) groups is 3. The van der Waals surface area contributed by atoms with Crippen molar-refractivity contribution in [1.82, 2.24) is 0 Å². The summed E-state index contributed by atoms with van der Waals surface area (Å²) in [5.41, 5.74) is 1.20. The minimum Gasteiger partial charge on any atom is -0.463 e. The van der Waals surface area contributed by atoms with E-state index in [4.69, 9.17) is 4.74 Å². The van der Waals surface area contributed by atoms with Crippen molar-refractivity contribution in [2.24, 2.45) is 40.4 Å². The third kappa shape index (κ3) is 3.72. The van der Waals surface area contributed by atoms with Crippen LogP contribution in [0.15, 0.2) is 11.6 Å². The number of hydrogen-bond acceptors (Lipinski definition) is 4. The average molecular weight is 429 g/mol. The monoisotopic (exact) mass is 428 g/mol. The van der Waals surface area contributed by atoms with Gasteiger partial charge in [-0.1, -0.05) is 26.3 Å². The minimum atomic E-state index is -0.275. The Bertz CT molecular complexity index is 797. The maximum absolute atomic E-state index is 13.7. The second-order valence-corrected chi connectivity index (χ2v) is 11.6. The van der Waals surface area contributed by atoms with Crippen molar-refractivity contribution in [3.63, 3.8) is 0 Å². The van der Waals surface area contributed by atoms with Gasteiger partial charge in [-0.15, -0.1) is 0 Å². The van der Waals surface area contributed by atoms with Gasteiger partial charge in [0.2, 0.25) is 0 Å². The molecule has 31 heavy (non-hydrogen) atoms. The molecule has 0 N–H and O–H groups in total. The molecule has 0 aliphatic heterocycles.